The third kappa shape index (κ3) is 6.86. The number of aromatic nitrogens is 1. The molecule has 150 valence electrons. The molecule has 0 unspecified atom stereocenters. The van der Waals surface area contributed by atoms with E-state index < -0.39 is 29.5 Å². The zero-order valence-corrected chi connectivity index (χ0v) is 16.3. The molecule has 1 heterocycles. The highest BCUT2D eigenvalue weighted by atomic mass is 19.1. The second-order valence-corrected chi connectivity index (χ2v) is 7.11. The molecule has 1 atom stereocenters. The number of benzene rings is 1. The van der Waals surface area contributed by atoms with Gasteiger partial charge in [-0.05, 0) is 45.9 Å². The maximum absolute atomic E-state index is 13.3. The first-order valence-corrected chi connectivity index (χ1v) is 8.78. The number of rotatable bonds is 6. The molecule has 0 spiro atoms. The van der Waals surface area contributed by atoms with Gasteiger partial charge in [-0.15, -0.1) is 0 Å². The number of nitrogens with zero attached hydrogens (tertiary/aromatic N) is 1. The molecule has 1 aromatic heterocycles. The molecule has 0 aliphatic heterocycles. The minimum Gasteiger partial charge on any atom is -0.444 e. The van der Waals surface area contributed by atoms with Crippen LogP contribution < -0.4 is 15.4 Å². The van der Waals surface area contributed by atoms with Crippen LogP contribution >= 0.6 is 0 Å². The zero-order valence-electron chi connectivity index (χ0n) is 16.3. The largest absolute Gasteiger partial charge is 0.444 e. The van der Waals surface area contributed by atoms with E-state index in [4.69, 9.17) is 9.47 Å². The number of halogens is 1. The van der Waals surface area contributed by atoms with Gasteiger partial charge in [0.2, 0.25) is 11.8 Å². The highest BCUT2D eigenvalue weighted by Crippen LogP contribution is 2.23. The number of carbonyl (C=O) groups is 2. The number of ether oxygens (including phenoxy) is 2. The van der Waals surface area contributed by atoms with Gasteiger partial charge in [0.15, 0.2) is 0 Å². The number of amides is 2. The van der Waals surface area contributed by atoms with Crippen molar-refractivity contribution in [1.29, 1.82) is 0 Å². The van der Waals surface area contributed by atoms with Gasteiger partial charge >= 0.3 is 6.09 Å². The molecule has 7 nitrogen and oxygen atoms in total. The van der Waals surface area contributed by atoms with Gasteiger partial charge in [0.05, 0.1) is 0 Å². The summed E-state index contributed by atoms with van der Waals surface area (Å²) in [4.78, 5) is 28.1. The lowest BCUT2D eigenvalue weighted by Gasteiger charge is -2.21. The Kier molecular flexibility index (Phi) is 6.92. The lowest BCUT2D eigenvalue weighted by Crippen LogP contribution is -2.46. The summed E-state index contributed by atoms with van der Waals surface area (Å²) >= 11 is 0. The molecule has 0 bridgehead atoms. The fourth-order valence-corrected chi connectivity index (χ4v) is 2.18. The highest BCUT2D eigenvalue weighted by molar-refractivity contribution is 5.85. The smallest absolute Gasteiger partial charge is 0.408 e. The molecule has 1 aromatic carbocycles. The summed E-state index contributed by atoms with van der Waals surface area (Å²) < 4.78 is 24.1. The van der Waals surface area contributed by atoms with Crippen LogP contribution in [-0.4, -0.2) is 28.6 Å². The van der Waals surface area contributed by atoms with E-state index in [-0.39, 0.29) is 12.4 Å². The first-order valence-electron chi connectivity index (χ1n) is 8.78. The Morgan fingerprint density at radius 1 is 1.21 bits per heavy atom. The Hall–Kier alpha value is -3.16. The predicted octanol–water partition coefficient (Wildman–Crippen LogP) is 3.54. The van der Waals surface area contributed by atoms with Gasteiger partial charge in [0.25, 0.3) is 0 Å². The van der Waals surface area contributed by atoms with Crippen molar-refractivity contribution < 1.29 is 23.5 Å². The minimum atomic E-state index is -0.792. The van der Waals surface area contributed by atoms with Crippen LogP contribution in [0.25, 0.3) is 0 Å². The van der Waals surface area contributed by atoms with Crippen LogP contribution in [0.4, 0.5) is 9.18 Å². The van der Waals surface area contributed by atoms with E-state index in [1.807, 2.05) is 0 Å². The van der Waals surface area contributed by atoms with E-state index in [1.54, 1.807) is 45.9 Å². The van der Waals surface area contributed by atoms with E-state index in [1.165, 1.54) is 24.4 Å². The summed E-state index contributed by atoms with van der Waals surface area (Å²) in [5.74, 6) is -0.274. The number of hydrogen-bond donors (Lipinski definition) is 2. The lowest BCUT2D eigenvalue weighted by molar-refractivity contribution is -0.122. The number of alkyl carbamates (subject to hydrolysis) is 1. The van der Waals surface area contributed by atoms with Crippen molar-refractivity contribution in [3.63, 3.8) is 0 Å². The standard InChI is InChI=1S/C20H24FN3O4/c1-13(24-19(26)28-20(2,3)4)17(25)23-12-14-7-6-10-22-18(14)27-16-9-5-8-15(21)11-16/h5-11,13H,12H2,1-4H3,(H,23,25)(H,24,26)/t13-/m0/s1. The molecule has 0 aliphatic carbocycles. The maximum atomic E-state index is 13.3. The first-order chi connectivity index (χ1) is 13.1. The van der Waals surface area contributed by atoms with E-state index in [0.717, 1.165) is 0 Å². The fraction of sp³-hybridized carbons (Fsp3) is 0.350. The van der Waals surface area contributed by atoms with Crippen molar-refractivity contribution in [2.45, 2.75) is 45.9 Å². The molecule has 0 radical (unpaired) electrons. The summed E-state index contributed by atoms with van der Waals surface area (Å²) in [7, 11) is 0. The molecule has 2 aromatic rings. The third-order valence-corrected chi connectivity index (χ3v) is 3.44. The van der Waals surface area contributed by atoms with Crippen molar-refractivity contribution in [2.75, 3.05) is 0 Å². The second kappa shape index (κ2) is 9.16. The van der Waals surface area contributed by atoms with Gasteiger partial charge < -0.3 is 20.1 Å². The number of hydrogen-bond acceptors (Lipinski definition) is 5. The van der Waals surface area contributed by atoms with Crippen LogP contribution in [-0.2, 0) is 16.1 Å². The summed E-state index contributed by atoms with van der Waals surface area (Å²) in [6.07, 6.45) is 0.860. The van der Waals surface area contributed by atoms with Crippen molar-refractivity contribution >= 4 is 12.0 Å². The van der Waals surface area contributed by atoms with Crippen LogP contribution in [0.5, 0.6) is 11.6 Å². The van der Waals surface area contributed by atoms with Crippen molar-refractivity contribution in [3.05, 3.63) is 54.0 Å². The fourth-order valence-electron chi connectivity index (χ4n) is 2.18. The van der Waals surface area contributed by atoms with Gasteiger partial charge in [-0.2, -0.15) is 0 Å². The van der Waals surface area contributed by atoms with Crippen LogP contribution in [0.1, 0.15) is 33.3 Å². The van der Waals surface area contributed by atoms with Gasteiger partial charge in [0, 0.05) is 24.4 Å². The number of carbonyl (C=O) groups excluding carboxylic acids is 2. The van der Waals surface area contributed by atoms with Crippen molar-refractivity contribution in [3.8, 4) is 11.6 Å². The van der Waals surface area contributed by atoms with E-state index >= 15 is 0 Å². The molecule has 0 fully saturated rings. The molecule has 2 rings (SSSR count). The summed E-state index contributed by atoms with van der Waals surface area (Å²) in [6, 6.07) is 8.32. The average molecular weight is 389 g/mol. The quantitative estimate of drug-likeness (QED) is 0.789. The molecule has 2 amide bonds. The maximum Gasteiger partial charge on any atom is 0.408 e. The average Bonchev–Trinajstić information content (AvgIpc) is 2.59. The lowest BCUT2D eigenvalue weighted by atomic mass is 10.2. The first kappa shape index (κ1) is 21.1. The Balaban J connectivity index is 1.95. The Morgan fingerprint density at radius 2 is 1.96 bits per heavy atom. The van der Waals surface area contributed by atoms with Crippen molar-refractivity contribution in [2.24, 2.45) is 0 Å². The van der Waals surface area contributed by atoms with Gasteiger partial charge in [-0.1, -0.05) is 12.1 Å². The third-order valence-electron chi connectivity index (χ3n) is 3.44. The summed E-state index contributed by atoms with van der Waals surface area (Å²) in [5, 5.41) is 5.17. The summed E-state index contributed by atoms with van der Waals surface area (Å²) in [6.45, 7) is 6.88. The van der Waals surface area contributed by atoms with E-state index in [2.05, 4.69) is 15.6 Å². The molecular formula is C20H24FN3O4. The predicted molar refractivity (Wildman–Crippen MR) is 101 cm³/mol. The zero-order chi connectivity index (χ0) is 20.7. The van der Waals surface area contributed by atoms with Crippen LogP contribution in [0.15, 0.2) is 42.6 Å². The van der Waals surface area contributed by atoms with Crippen LogP contribution in [0.3, 0.4) is 0 Å². The highest BCUT2D eigenvalue weighted by Gasteiger charge is 2.21. The Bertz CT molecular complexity index is 836. The minimum absolute atomic E-state index is 0.123. The molecule has 0 aliphatic rings. The topological polar surface area (TPSA) is 89.5 Å². The summed E-state index contributed by atoms with van der Waals surface area (Å²) in [5.41, 5.74) is -0.0522. The van der Waals surface area contributed by atoms with Gasteiger partial charge in [-0.25, -0.2) is 14.2 Å². The molecule has 8 heteroatoms. The molecule has 0 saturated carbocycles. The van der Waals surface area contributed by atoms with Gasteiger partial charge in [-0.3, -0.25) is 4.79 Å². The molecule has 2 N–H and O–H groups in total. The molecule has 0 saturated heterocycles. The van der Waals surface area contributed by atoms with E-state index in [9.17, 15) is 14.0 Å². The molecule has 28 heavy (non-hydrogen) atoms. The SMILES string of the molecule is C[C@H](NC(=O)OC(C)(C)C)C(=O)NCc1cccnc1Oc1cccc(F)c1. The Morgan fingerprint density at radius 3 is 2.64 bits per heavy atom. The molecular weight excluding hydrogens is 365 g/mol. The second-order valence-electron chi connectivity index (χ2n) is 7.11. The number of nitrogens with one attached hydrogen (secondary N) is 2. The monoisotopic (exact) mass is 389 g/mol. The normalized spacial score (nSPS) is 12.0. The van der Waals surface area contributed by atoms with Gasteiger partial charge in [0.1, 0.15) is 23.2 Å². The van der Waals surface area contributed by atoms with E-state index in [0.29, 0.717) is 11.3 Å². The van der Waals surface area contributed by atoms with Crippen LogP contribution in [0, 0.1) is 5.82 Å². The number of pyridine rings is 1. The van der Waals surface area contributed by atoms with Crippen molar-refractivity contribution in [1.82, 2.24) is 15.6 Å². The Labute approximate surface area is 163 Å². The van der Waals surface area contributed by atoms with Crippen LogP contribution in [0.2, 0.25) is 0 Å².